The lowest BCUT2D eigenvalue weighted by Crippen LogP contribution is -2.08. The van der Waals surface area contributed by atoms with Crippen LogP contribution in [0.1, 0.15) is 20.7 Å². The minimum Gasteiger partial charge on any atom is -0.422 e. The zero-order valence-electron chi connectivity index (χ0n) is 9.60. The molecule has 0 fully saturated rings. The zero-order valence-corrected chi connectivity index (χ0v) is 11.9. The van der Waals surface area contributed by atoms with Gasteiger partial charge in [0.05, 0.1) is 10.0 Å². The third kappa shape index (κ3) is 3.43. The fraction of sp³-hybridized carbons (Fsp3) is 0. The van der Waals surface area contributed by atoms with E-state index in [1.807, 2.05) is 0 Å². The Hall–Kier alpha value is -1.65. The van der Waals surface area contributed by atoms with Crippen LogP contribution in [0, 0.1) is 0 Å². The van der Waals surface area contributed by atoms with E-state index in [0.29, 0.717) is 32.7 Å². The average Bonchev–Trinajstić information content (AvgIpc) is 2.41. The van der Waals surface area contributed by atoms with E-state index in [1.165, 1.54) is 6.07 Å². The first kappa shape index (κ1) is 13.8. The molecule has 2 aromatic carbocycles. The molecule has 19 heavy (non-hydrogen) atoms. The fourth-order valence-electron chi connectivity index (χ4n) is 1.45. The van der Waals surface area contributed by atoms with Gasteiger partial charge in [-0.2, -0.15) is 0 Å². The van der Waals surface area contributed by atoms with Crippen LogP contribution >= 0.6 is 27.5 Å². The number of carbonyl (C=O) groups is 2. The summed E-state index contributed by atoms with van der Waals surface area (Å²) in [6.07, 6.45) is 0.716. The van der Waals surface area contributed by atoms with Gasteiger partial charge in [-0.05, 0) is 52.3 Å². The predicted molar refractivity (Wildman–Crippen MR) is 75.9 cm³/mol. The summed E-state index contributed by atoms with van der Waals surface area (Å²) in [4.78, 5) is 22.5. The highest BCUT2D eigenvalue weighted by Crippen LogP contribution is 2.26. The van der Waals surface area contributed by atoms with Crippen LogP contribution < -0.4 is 4.74 Å². The molecule has 0 heterocycles. The quantitative estimate of drug-likeness (QED) is 0.480. The van der Waals surface area contributed by atoms with Crippen LogP contribution in [-0.4, -0.2) is 12.3 Å². The van der Waals surface area contributed by atoms with Gasteiger partial charge in [-0.1, -0.05) is 17.7 Å². The van der Waals surface area contributed by atoms with Gasteiger partial charge in [0, 0.05) is 10.6 Å². The molecule has 0 aliphatic heterocycles. The van der Waals surface area contributed by atoms with Crippen molar-refractivity contribution in [2.75, 3.05) is 0 Å². The van der Waals surface area contributed by atoms with Crippen LogP contribution in [0.4, 0.5) is 0 Å². The second kappa shape index (κ2) is 5.99. The van der Waals surface area contributed by atoms with Crippen LogP contribution in [0.2, 0.25) is 5.02 Å². The second-order valence-corrected chi connectivity index (χ2v) is 5.00. The molecule has 2 aromatic rings. The molecule has 0 N–H and O–H groups in total. The molecule has 0 saturated heterocycles. The topological polar surface area (TPSA) is 43.4 Å². The third-order valence-electron chi connectivity index (χ3n) is 2.35. The van der Waals surface area contributed by atoms with Gasteiger partial charge >= 0.3 is 5.97 Å². The lowest BCUT2D eigenvalue weighted by Gasteiger charge is -2.07. The number of benzene rings is 2. The second-order valence-electron chi connectivity index (χ2n) is 3.71. The molecule has 2 rings (SSSR count). The maximum atomic E-state index is 11.9. The third-order valence-corrected chi connectivity index (χ3v) is 3.21. The molecule has 0 saturated carbocycles. The van der Waals surface area contributed by atoms with E-state index >= 15 is 0 Å². The molecule has 0 spiro atoms. The maximum Gasteiger partial charge on any atom is 0.343 e. The van der Waals surface area contributed by atoms with E-state index in [-0.39, 0.29) is 0 Å². The van der Waals surface area contributed by atoms with Gasteiger partial charge < -0.3 is 4.74 Å². The summed E-state index contributed by atoms with van der Waals surface area (Å²) in [5.41, 5.74) is 0.855. The smallest absolute Gasteiger partial charge is 0.343 e. The van der Waals surface area contributed by atoms with Crippen LogP contribution in [0.25, 0.3) is 0 Å². The van der Waals surface area contributed by atoms with Crippen molar-refractivity contribution in [3.05, 3.63) is 63.1 Å². The summed E-state index contributed by atoms with van der Waals surface area (Å²) in [5.74, 6) is -0.169. The summed E-state index contributed by atoms with van der Waals surface area (Å²) >= 11 is 9.05. The van der Waals surface area contributed by atoms with Crippen LogP contribution in [-0.2, 0) is 0 Å². The Bertz CT molecular complexity index is 640. The van der Waals surface area contributed by atoms with E-state index in [2.05, 4.69) is 15.9 Å². The van der Waals surface area contributed by atoms with Gasteiger partial charge in [-0.25, -0.2) is 4.79 Å². The van der Waals surface area contributed by atoms with Crippen molar-refractivity contribution >= 4 is 39.8 Å². The Balaban J connectivity index is 2.21. The number of aldehydes is 1. The van der Waals surface area contributed by atoms with E-state index in [0.717, 1.165) is 0 Å². The van der Waals surface area contributed by atoms with Crippen LogP contribution in [0.3, 0.4) is 0 Å². The van der Waals surface area contributed by atoms with Gasteiger partial charge in [-0.3, -0.25) is 4.79 Å². The normalized spacial score (nSPS) is 10.0. The summed E-state index contributed by atoms with van der Waals surface area (Å²) in [6.45, 7) is 0. The Morgan fingerprint density at radius 1 is 1.21 bits per heavy atom. The van der Waals surface area contributed by atoms with Crippen molar-refractivity contribution in [1.29, 1.82) is 0 Å². The first-order chi connectivity index (χ1) is 9.10. The lowest BCUT2D eigenvalue weighted by atomic mass is 10.2. The largest absolute Gasteiger partial charge is 0.422 e. The predicted octanol–water partition coefficient (Wildman–Crippen LogP) is 4.13. The van der Waals surface area contributed by atoms with E-state index in [1.54, 1.807) is 36.4 Å². The lowest BCUT2D eigenvalue weighted by molar-refractivity contribution is 0.0733. The Labute approximate surface area is 123 Å². The first-order valence-corrected chi connectivity index (χ1v) is 6.50. The summed E-state index contributed by atoms with van der Waals surface area (Å²) in [7, 11) is 0. The molecule has 0 aliphatic carbocycles. The molecule has 0 atom stereocenters. The molecule has 0 bridgehead atoms. The van der Waals surface area contributed by atoms with Gasteiger partial charge in [-0.15, -0.1) is 0 Å². The Morgan fingerprint density at radius 3 is 2.63 bits per heavy atom. The van der Waals surface area contributed by atoms with Crippen molar-refractivity contribution in [2.45, 2.75) is 0 Å². The van der Waals surface area contributed by atoms with Gasteiger partial charge in [0.25, 0.3) is 0 Å². The Kier molecular flexibility index (Phi) is 4.35. The van der Waals surface area contributed by atoms with Crippen LogP contribution in [0.5, 0.6) is 5.75 Å². The zero-order chi connectivity index (χ0) is 13.8. The van der Waals surface area contributed by atoms with E-state index in [4.69, 9.17) is 16.3 Å². The summed E-state index contributed by atoms with van der Waals surface area (Å²) in [6, 6.07) is 11.2. The van der Waals surface area contributed by atoms with Crippen molar-refractivity contribution in [1.82, 2.24) is 0 Å². The molecular formula is C14H8BrClO3. The van der Waals surface area contributed by atoms with Gasteiger partial charge in [0.2, 0.25) is 0 Å². The van der Waals surface area contributed by atoms with Crippen molar-refractivity contribution in [2.24, 2.45) is 0 Å². The number of halogens is 2. The molecular weight excluding hydrogens is 332 g/mol. The molecule has 0 radical (unpaired) electrons. The maximum absolute atomic E-state index is 11.9. The van der Waals surface area contributed by atoms with E-state index < -0.39 is 5.97 Å². The molecule has 96 valence electrons. The highest BCUT2D eigenvalue weighted by Gasteiger charge is 2.11. The Morgan fingerprint density at radius 2 is 2.00 bits per heavy atom. The molecule has 0 aromatic heterocycles. The van der Waals surface area contributed by atoms with Crippen molar-refractivity contribution in [3.8, 4) is 5.75 Å². The van der Waals surface area contributed by atoms with Crippen molar-refractivity contribution in [3.63, 3.8) is 0 Å². The first-order valence-electron chi connectivity index (χ1n) is 5.32. The van der Waals surface area contributed by atoms with Gasteiger partial charge in [0.1, 0.15) is 12.0 Å². The molecule has 0 aliphatic rings. The average molecular weight is 340 g/mol. The number of hydrogen-bond donors (Lipinski definition) is 0. The van der Waals surface area contributed by atoms with Crippen LogP contribution in [0.15, 0.2) is 46.9 Å². The minimum atomic E-state index is -0.512. The highest BCUT2D eigenvalue weighted by molar-refractivity contribution is 9.10. The molecule has 0 unspecified atom stereocenters. The molecule has 3 nitrogen and oxygen atoms in total. The fourth-order valence-corrected chi connectivity index (χ4v) is 2.12. The summed E-state index contributed by atoms with van der Waals surface area (Å²) < 4.78 is 5.76. The minimum absolute atomic E-state index is 0.343. The SMILES string of the molecule is O=Cc1ccc(OC(=O)c2cccc(Cl)c2)c(Br)c1. The highest BCUT2D eigenvalue weighted by atomic mass is 79.9. The monoisotopic (exact) mass is 338 g/mol. The molecule has 0 amide bonds. The van der Waals surface area contributed by atoms with Gasteiger partial charge in [0.15, 0.2) is 0 Å². The number of esters is 1. The number of hydrogen-bond acceptors (Lipinski definition) is 3. The van der Waals surface area contributed by atoms with E-state index in [9.17, 15) is 9.59 Å². The molecule has 5 heteroatoms. The standard InChI is InChI=1S/C14H8BrClO3/c15-12-6-9(8-17)4-5-13(12)19-14(18)10-2-1-3-11(16)7-10/h1-8H. The summed E-state index contributed by atoms with van der Waals surface area (Å²) in [5, 5.41) is 0.463. The number of carbonyl (C=O) groups excluding carboxylic acids is 2. The van der Waals surface area contributed by atoms with Crippen molar-refractivity contribution < 1.29 is 14.3 Å². The number of ether oxygens (including phenoxy) is 1. The number of rotatable bonds is 3.